The van der Waals surface area contributed by atoms with E-state index in [4.69, 9.17) is 16.7 Å². The Kier molecular flexibility index (Phi) is 6.26. The average Bonchev–Trinajstić information content (AvgIpc) is 2.49. The molecule has 0 saturated carbocycles. The van der Waals surface area contributed by atoms with Crippen LogP contribution in [0.4, 0.5) is 0 Å². The summed E-state index contributed by atoms with van der Waals surface area (Å²) in [5, 5.41) is 9.85. The molecule has 4 nitrogen and oxygen atoms in total. The van der Waals surface area contributed by atoms with E-state index in [1.54, 1.807) is 23.5 Å². The van der Waals surface area contributed by atoms with Gasteiger partial charge in [-0.3, -0.25) is 4.79 Å². The normalized spacial score (nSPS) is 18.5. The molecule has 1 aliphatic rings. The summed E-state index contributed by atoms with van der Waals surface area (Å²) in [6.07, 6.45) is 0.349. The highest BCUT2D eigenvalue weighted by Gasteiger charge is 2.31. The van der Waals surface area contributed by atoms with E-state index in [1.165, 1.54) is 4.90 Å². The van der Waals surface area contributed by atoms with Gasteiger partial charge in [-0.05, 0) is 24.3 Å². The van der Waals surface area contributed by atoms with Crippen molar-refractivity contribution in [3.05, 3.63) is 29.3 Å². The van der Waals surface area contributed by atoms with E-state index in [9.17, 15) is 9.59 Å². The second kappa shape index (κ2) is 7.96. The van der Waals surface area contributed by atoms with Crippen molar-refractivity contribution in [1.82, 2.24) is 4.90 Å². The van der Waals surface area contributed by atoms with Crippen LogP contribution in [-0.4, -0.2) is 51.7 Å². The number of carboxylic acids is 1. The number of hydrogen-bond donors (Lipinski definition) is 1. The van der Waals surface area contributed by atoms with Crippen LogP contribution < -0.4 is 0 Å². The molecule has 7 heteroatoms. The number of carbonyl (C=O) groups is 2. The third kappa shape index (κ3) is 4.83. The van der Waals surface area contributed by atoms with E-state index in [0.717, 1.165) is 10.6 Å². The minimum absolute atomic E-state index is 0.0795. The molecule has 1 N–H and O–H groups in total. The number of amides is 1. The molecule has 1 heterocycles. The monoisotopic (exact) mass is 345 g/mol. The molecule has 1 aromatic carbocycles. The Morgan fingerprint density at radius 3 is 2.76 bits per heavy atom. The van der Waals surface area contributed by atoms with E-state index in [-0.39, 0.29) is 5.91 Å². The molecule has 1 aliphatic heterocycles. The maximum absolute atomic E-state index is 12.2. The molecule has 1 atom stereocenters. The summed E-state index contributed by atoms with van der Waals surface area (Å²) in [4.78, 5) is 25.9. The van der Waals surface area contributed by atoms with Crippen LogP contribution in [0.1, 0.15) is 6.42 Å². The lowest BCUT2D eigenvalue weighted by Crippen LogP contribution is -2.50. The lowest BCUT2D eigenvalue weighted by atomic mass is 10.2. The number of nitrogens with zero attached hydrogens (tertiary/aromatic N) is 1. The molecule has 1 saturated heterocycles. The average molecular weight is 346 g/mol. The fourth-order valence-electron chi connectivity index (χ4n) is 2.04. The van der Waals surface area contributed by atoms with Gasteiger partial charge in [-0.2, -0.15) is 11.8 Å². The number of aliphatic carboxylic acids is 1. The zero-order valence-electron chi connectivity index (χ0n) is 11.3. The van der Waals surface area contributed by atoms with Crippen LogP contribution in [-0.2, 0) is 9.59 Å². The van der Waals surface area contributed by atoms with Gasteiger partial charge in [0.05, 0.1) is 0 Å². The molecule has 114 valence electrons. The van der Waals surface area contributed by atoms with Gasteiger partial charge in [-0.25, -0.2) is 4.79 Å². The molecule has 1 aromatic rings. The van der Waals surface area contributed by atoms with E-state index in [0.29, 0.717) is 29.5 Å². The maximum Gasteiger partial charge on any atom is 0.327 e. The predicted octanol–water partition coefficient (Wildman–Crippen LogP) is 2.85. The molecule has 0 radical (unpaired) electrons. The van der Waals surface area contributed by atoms with Gasteiger partial charge in [0.1, 0.15) is 6.04 Å². The summed E-state index contributed by atoms with van der Waals surface area (Å²) in [6, 6.07) is 6.77. The van der Waals surface area contributed by atoms with Crippen molar-refractivity contribution in [3.8, 4) is 0 Å². The van der Waals surface area contributed by atoms with Crippen LogP contribution in [0.3, 0.4) is 0 Å². The fraction of sp³-hybridized carbons (Fsp3) is 0.429. The molecule has 2 rings (SSSR count). The minimum atomic E-state index is -0.916. The molecule has 0 aliphatic carbocycles. The van der Waals surface area contributed by atoms with Crippen molar-refractivity contribution >= 4 is 47.0 Å². The summed E-state index contributed by atoms with van der Waals surface area (Å²) in [5.74, 6) is 0.923. The Bertz CT molecular complexity index is 509. The van der Waals surface area contributed by atoms with Crippen LogP contribution in [0.5, 0.6) is 0 Å². The van der Waals surface area contributed by atoms with Crippen molar-refractivity contribution < 1.29 is 14.7 Å². The van der Waals surface area contributed by atoms with Gasteiger partial charge >= 0.3 is 5.97 Å². The van der Waals surface area contributed by atoms with Crippen LogP contribution in [0.15, 0.2) is 29.2 Å². The van der Waals surface area contributed by atoms with Crippen LogP contribution >= 0.6 is 35.1 Å². The zero-order valence-corrected chi connectivity index (χ0v) is 13.7. The fourth-order valence-corrected chi connectivity index (χ4v) is 4.04. The first kappa shape index (κ1) is 16.5. The van der Waals surface area contributed by atoms with Crippen molar-refractivity contribution in [3.63, 3.8) is 0 Å². The van der Waals surface area contributed by atoms with Crippen LogP contribution in [0.25, 0.3) is 0 Å². The van der Waals surface area contributed by atoms with Gasteiger partial charge in [0.2, 0.25) is 5.91 Å². The standard InChI is InChI=1S/C14H16ClNO3S2/c15-10-1-3-11(4-2-10)21-7-5-13(17)16-6-8-20-9-12(16)14(18)19/h1-4,12H,5-9H2,(H,18,19). The Hall–Kier alpha value is -0.850. The highest BCUT2D eigenvalue weighted by Crippen LogP contribution is 2.22. The first-order valence-electron chi connectivity index (χ1n) is 6.56. The summed E-state index contributed by atoms with van der Waals surface area (Å²) in [5.41, 5.74) is 0. The molecular formula is C14H16ClNO3S2. The quantitative estimate of drug-likeness (QED) is 0.831. The summed E-state index contributed by atoms with van der Waals surface area (Å²) < 4.78 is 0. The Morgan fingerprint density at radius 1 is 1.38 bits per heavy atom. The molecule has 0 spiro atoms. The van der Waals surface area contributed by atoms with Crippen LogP contribution in [0.2, 0.25) is 5.02 Å². The lowest BCUT2D eigenvalue weighted by Gasteiger charge is -2.32. The highest BCUT2D eigenvalue weighted by atomic mass is 35.5. The number of hydrogen-bond acceptors (Lipinski definition) is 4. The smallest absolute Gasteiger partial charge is 0.327 e. The second-order valence-electron chi connectivity index (χ2n) is 4.57. The van der Waals surface area contributed by atoms with Gasteiger partial charge in [-0.1, -0.05) is 11.6 Å². The largest absolute Gasteiger partial charge is 0.480 e. The number of halogens is 1. The second-order valence-corrected chi connectivity index (χ2v) is 7.32. The van der Waals surface area contributed by atoms with Gasteiger partial charge in [0, 0.05) is 40.1 Å². The maximum atomic E-state index is 12.2. The molecule has 21 heavy (non-hydrogen) atoms. The third-order valence-electron chi connectivity index (χ3n) is 3.13. The lowest BCUT2D eigenvalue weighted by molar-refractivity contribution is -0.149. The molecule has 1 fully saturated rings. The van der Waals surface area contributed by atoms with Crippen molar-refractivity contribution in [2.24, 2.45) is 0 Å². The van der Waals surface area contributed by atoms with E-state index in [1.807, 2.05) is 24.3 Å². The Morgan fingerprint density at radius 2 is 2.10 bits per heavy atom. The Labute approximate surface area is 137 Å². The number of thioether (sulfide) groups is 2. The van der Waals surface area contributed by atoms with Gasteiger partial charge in [0.15, 0.2) is 0 Å². The number of rotatable bonds is 5. The van der Waals surface area contributed by atoms with Crippen LogP contribution in [0, 0.1) is 0 Å². The summed E-state index contributed by atoms with van der Waals surface area (Å²) >= 11 is 8.97. The van der Waals surface area contributed by atoms with Crippen molar-refractivity contribution in [2.45, 2.75) is 17.4 Å². The molecule has 0 bridgehead atoms. The van der Waals surface area contributed by atoms with Gasteiger partial charge in [-0.15, -0.1) is 11.8 Å². The molecule has 1 unspecified atom stereocenters. The first-order chi connectivity index (χ1) is 10.1. The summed E-state index contributed by atoms with van der Waals surface area (Å²) in [7, 11) is 0. The predicted molar refractivity (Wildman–Crippen MR) is 87.3 cm³/mol. The number of carboxylic acid groups (broad SMARTS) is 1. The number of benzene rings is 1. The van der Waals surface area contributed by atoms with Crippen molar-refractivity contribution in [1.29, 1.82) is 0 Å². The third-order valence-corrected chi connectivity index (χ3v) is 5.42. The molecular weight excluding hydrogens is 330 g/mol. The molecule has 1 amide bonds. The summed E-state index contributed by atoms with van der Waals surface area (Å²) in [6.45, 7) is 0.520. The van der Waals surface area contributed by atoms with E-state index >= 15 is 0 Å². The first-order valence-corrected chi connectivity index (χ1v) is 9.08. The topological polar surface area (TPSA) is 57.6 Å². The van der Waals surface area contributed by atoms with Gasteiger partial charge in [0.25, 0.3) is 0 Å². The molecule has 0 aromatic heterocycles. The van der Waals surface area contributed by atoms with Gasteiger partial charge < -0.3 is 10.0 Å². The number of carbonyl (C=O) groups excluding carboxylic acids is 1. The van der Waals surface area contributed by atoms with E-state index < -0.39 is 12.0 Å². The highest BCUT2D eigenvalue weighted by molar-refractivity contribution is 7.99. The van der Waals surface area contributed by atoms with E-state index in [2.05, 4.69) is 0 Å². The SMILES string of the molecule is O=C(O)C1CSCCN1C(=O)CCSc1ccc(Cl)cc1. The Balaban J connectivity index is 1.83. The van der Waals surface area contributed by atoms with Crippen molar-refractivity contribution in [2.75, 3.05) is 23.8 Å². The minimum Gasteiger partial charge on any atom is -0.480 e. The zero-order chi connectivity index (χ0) is 15.2.